The summed E-state index contributed by atoms with van der Waals surface area (Å²) in [6.45, 7) is 1.15. The highest BCUT2D eigenvalue weighted by molar-refractivity contribution is 7.89. The fraction of sp³-hybridized carbons (Fsp3) is 0.538. The molecule has 1 aliphatic heterocycles. The molecule has 0 radical (unpaired) electrons. The molecule has 5 heteroatoms. The highest BCUT2D eigenvalue weighted by atomic mass is 32.2. The van der Waals surface area contributed by atoms with Gasteiger partial charge in [-0.2, -0.15) is 4.31 Å². The SMILES string of the molecule is NCCC1CCCCN1S(=O)(=O)c1ccccc1. The van der Waals surface area contributed by atoms with Crippen molar-refractivity contribution in [1.82, 2.24) is 4.31 Å². The molecule has 1 aliphatic rings. The van der Waals surface area contributed by atoms with E-state index in [-0.39, 0.29) is 6.04 Å². The monoisotopic (exact) mass is 268 g/mol. The second-order valence-electron chi connectivity index (χ2n) is 4.66. The van der Waals surface area contributed by atoms with Crippen LogP contribution in [-0.4, -0.2) is 31.9 Å². The molecule has 1 aromatic rings. The first kappa shape index (κ1) is 13.5. The van der Waals surface area contributed by atoms with Gasteiger partial charge in [0, 0.05) is 12.6 Å². The van der Waals surface area contributed by atoms with Crippen LogP contribution >= 0.6 is 0 Å². The summed E-state index contributed by atoms with van der Waals surface area (Å²) in [6, 6.07) is 8.72. The van der Waals surface area contributed by atoms with E-state index in [0.717, 1.165) is 25.7 Å². The third-order valence-corrected chi connectivity index (χ3v) is 5.39. The van der Waals surface area contributed by atoms with Crippen molar-refractivity contribution in [2.45, 2.75) is 36.6 Å². The van der Waals surface area contributed by atoms with Crippen molar-refractivity contribution in [1.29, 1.82) is 0 Å². The quantitative estimate of drug-likeness (QED) is 0.901. The number of nitrogens with two attached hydrogens (primary N) is 1. The van der Waals surface area contributed by atoms with Crippen LogP contribution in [0.2, 0.25) is 0 Å². The van der Waals surface area contributed by atoms with Crippen molar-refractivity contribution >= 4 is 10.0 Å². The van der Waals surface area contributed by atoms with Gasteiger partial charge in [-0.3, -0.25) is 0 Å². The molecule has 1 aromatic carbocycles. The van der Waals surface area contributed by atoms with Crippen LogP contribution in [0.1, 0.15) is 25.7 Å². The minimum Gasteiger partial charge on any atom is -0.330 e. The molecule has 2 rings (SSSR count). The Bertz CT molecular complexity index is 471. The number of nitrogens with zero attached hydrogens (tertiary/aromatic N) is 1. The molecule has 0 saturated carbocycles. The Morgan fingerprint density at radius 2 is 1.94 bits per heavy atom. The first-order valence-corrected chi connectivity index (χ1v) is 7.87. The van der Waals surface area contributed by atoms with Gasteiger partial charge in [0.2, 0.25) is 10.0 Å². The van der Waals surface area contributed by atoms with Gasteiger partial charge in [-0.05, 0) is 37.9 Å². The molecule has 0 aromatic heterocycles. The van der Waals surface area contributed by atoms with Crippen LogP contribution in [0.4, 0.5) is 0 Å². The molecule has 0 bridgehead atoms. The lowest BCUT2D eigenvalue weighted by atomic mass is 10.0. The van der Waals surface area contributed by atoms with Crippen molar-refractivity contribution in [2.24, 2.45) is 5.73 Å². The first-order chi connectivity index (χ1) is 8.66. The van der Waals surface area contributed by atoms with E-state index >= 15 is 0 Å². The van der Waals surface area contributed by atoms with Gasteiger partial charge in [0.05, 0.1) is 4.90 Å². The number of sulfonamides is 1. The number of benzene rings is 1. The van der Waals surface area contributed by atoms with Crippen LogP contribution in [0.25, 0.3) is 0 Å². The van der Waals surface area contributed by atoms with E-state index in [4.69, 9.17) is 5.73 Å². The Morgan fingerprint density at radius 3 is 2.61 bits per heavy atom. The molecule has 0 amide bonds. The molecular weight excluding hydrogens is 248 g/mol. The Labute approximate surface area is 109 Å². The molecule has 1 heterocycles. The summed E-state index contributed by atoms with van der Waals surface area (Å²) in [6.07, 6.45) is 3.69. The summed E-state index contributed by atoms with van der Waals surface area (Å²) in [7, 11) is -3.36. The van der Waals surface area contributed by atoms with E-state index in [9.17, 15) is 8.42 Å². The second kappa shape index (κ2) is 5.82. The van der Waals surface area contributed by atoms with Crippen LogP contribution in [0.3, 0.4) is 0 Å². The maximum absolute atomic E-state index is 12.6. The lowest BCUT2D eigenvalue weighted by molar-refractivity contribution is 0.243. The average Bonchev–Trinajstić information content (AvgIpc) is 2.41. The Morgan fingerprint density at radius 1 is 1.22 bits per heavy atom. The zero-order chi connectivity index (χ0) is 13.0. The molecule has 100 valence electrons. The van der Waals surface area contributed by atoms with Crippen molar-refractivity contribution in [3.63, 3.8) is 0 Å². The smallest absolute Gasteiger partial charge is 0.243 e. The van der Waals surface area contributed by atoms with Crippen molar-refractivity contribution in [3.8, 4) is 0 Å². The van der Waals surface area contributed by atoms with Crippen LogP contribution in [0.15, 0.2) is 35.2 Å². The molecule has 1 saturated heterocycles. The lowest BCUT2D eigenvalue weighted by Crippen LogP contribution is -2.44. The first-order valence-electron chi connectivity index (χ1n) is 6.43. The highest BCUT2D eigenvalue weighted by Gasteiger charge is 2.32. The van der Waals surface area contributed by atoms with E-state index in [1.54, 1.807) is 28.6 Å². The van der Waals surface area contributed by atoms with Gasteiger partial charge >= 0.3 is 0 Å². The zero-order valence-corrected chi connectivity index (χ0v) is 11.3. The summed E-state index contributed by atoms with van der Waals surface area (Å²) < 4.78 is 26.8. The van der Waals surface area contributed by atoms with E-state index in [2.05, 4.69) is 0 Å². The zero-order valence-electron chi connectivity index (χ0n) is 10.5. The highest BCUT2D eigenvalue weighted by Crippen LogP contribution is 2.26. The topological polar surface area (TPSA) is 63.4 Å². The Balaban J connectivity index is 2.27. The molecular formula is C13H20N2O2S. The summed E-state index contributed by atoms with van der Waals surface area (Å²) in [4.78, 5) is 0.383. The minimum absolute atomic E-state index is 0.0638. The van der Waals surface area contributed by atoms with Gasteiger partial charge in [0.25, 0.3) is 0 Å². The van der Waals surface area contributed by atoms with E-state index in [1.807, 2.05) is 6.07 Å². The van der Waals surface area contributed by atoms with Gasteiger partial charge in [-0.15, -0.1) is 0 Å². The normalized spacial score (nSPS) is 21.9. The Kier molecular flexibility index (Phi) is 4.37. The number of hydrogen-bond donors (Lipinski definition) is 1. The number of hydrogen-bond acceptors (Lipinski definition) is 3. The minimum atomic E-state index is -3.36. The summed E-state index contributed by atoms with van der Waals surface area (Å²) >= 11 is 0. The molecule has 1 atom stereocenters. The molecule has 1 fully saturated rings. The fourth-order valence-corrected chi connectivity index (χ4v) is 4.24. The number of piperidine rings is 1. The van der Waals surface area contributed by atoms with E-state index < -0.39 is 10.0 Å². The second-order valence-corrected chi connectivity index (χ2v) is 6.55. The number of rotatable bonds is 4. The maximum atomic E-state index is 12.6. The molecule has 4 nitrogen and oxygen atoms in total. The van der Waals surface area contributed by atoms with Crippen LogP contribution < -0.4 is 5.73 Å². The van der Waals surface area contributed by atoms with Gasteiger partial charge in [0.1, 0.15) is 0 Å². The summed E-state index contributed by atoms with van der Waals surface area (Å²) in [5, 5.41) is 0. The van der Waals surface area contributed by atoms with Gasteiger partial charge < -0.3 is 5.73 Å². The summed E-state index contributed by atoms with van der Waals surface area (Å²) in [5.41, 5.74) is 5.58. The van der Waals surface area contributed by atoms with Gasteiger partial charge in [-0.1, -0.05) is 24.6 Å². The van der Waals surface area contributed by atoms with Crippen LogP contribution in [0.5, 0.6) is 0 Å². The molecule has 0 aliphatic carbocycles. The predicted molar refractivity (Wildman–Crippen MR) is 71.6 cm³/mol. The Hall–Kier alpha value is -0.910. The van der Waals surface area contributed by atoms with Crippen molar-refractivity contribution < 1.29 is 8.42 Å². The molecule has 2 N–H and O–H groups in total. The van der Waals surface area contributed by atoms with E-state index in [1.165, 1.54) is 0 Å². The third kappa shape index (κ3) is 2.74. The van der Waals surface area contributed by atoms with Crippen LogP contribution in [0, 0.1) is 0 Å². The van der Waals surface area contributed by atoms with Crippen LogP contribution in [-0.2, 0) is 10.0 Å². The van der Waals surface area contributed by atoms with Crippen molar-refractivity contribution in [2.75, 3.05) is 13.1 Å². The third-order valence-electron chi connectivity index (χ3n) is 3.42. The standard InChI is InChI=1S/C13H20N2O2S/c14-10-9-12-6-4-5-11-15(12)18(16,17)13-7-2-1-3-8-13/h1-3,7-8,12H,4-6,9-11,14H2. The average molecular weight is 268 g/mol. The van der Waals surface area contributed by atoms with Crippen molar-refractivity contribution in [3.05, 3.63) is 30.3 Å². The maximum Gasteiger partial charge on any atom is 0.243 e. The predicted octanol–water partition coefficient (Wildman–Crippen LogP) is 1.58. The largest absolute Gasteiger partial charge is 0.330 e. The van der Waals surface area contributed by atoms with Gasteiger partial charge in [-0.25, -0.2) is 8.42 Å². The molecule has 18 heavy (non-hydrogen) atoms. The molecule has 0 spiro atoms. The van der Waals surface area contributed by atoms with E-state index in [0.29, 0.717) is 18.0 Å². The summed E-state index contributed by atoms with van der Waals surface area (Å²) in [5.74, 6) is 0. The fourth-order valence-electron chi connectivity index (χ4n) is 2.50. The molecule has 1 unspecified atom stereocenters. The van der Waals surface area contributed by atoms with Gasteiger partial charge in [0.15, 0.2) is 0 Å². The lowest BCUT2D eigenvalue weighted by Gasteiger charge is -2.34.